The van der Waals surface area contributed by atoms with Crippen LogP contribution in [0.1, 0.15) is 10.4 Å². The molecule has 3 rings (SSSR count). The summed E-state index contributed by atoms with van der Waals surface area (Å²) in [6.07, 6.45) is 3.14. The zero-order valence-electron chi connectivity index (χ0n) is 11.4. The summed E-state index contributed by atoms with van der Waals surface area (Å²) in [6.45, 7) is 0. The summed E-state index contributed by atoms with van der Waals surface area (Å²) in [5.74, 6) is 1.04. The highest BCUT2D eigenvalue weighted by atomic mass is 16.5. The number of amides is 1. The molecule has 2 heterocycles. The van der Waals surface area contributed by atoms with Gasteiger partial charge in [-0.15, -0.1) is 0 Å². The van der Waals surface area contributed by atoms with Gasteiger partial charge in [-0.3, -0.25) is 9.78 Å². The van der Waals surface area contributed by atoms with E-state index in [2.05, 4.69) is 15.3 Å². The summed E-state index contributed by atoms with van der Waals surface area (Å²) in [4.78, 5) is 20.4. The number of nitrogens with zero attached hydrogens (tertiary/aromatic N) is 2. The summed E-state index contributed by atoms with van der Waals surface area (Å²) >= 11 is 0. The van der Waals surface area contributed by atoms with Gasteiger partial charge in [0.15, 0.2) is 0 Å². The first-order chi connectivity index (χ1) is 10.3. The number of pyridine rings is 2. The Hall–Kier alpha value is -2.95. The number of hydrogen-bond donors (Lipinski definition) is 1. The molecule has 1 amide bonds. The van der Waals surface area contributed by atoms with Gasteiger partial charge in [-0.1, -0.05) is 0 Å². The molecule has 0 radical (unpaired) electrons. The van der Waals surface area contributed by atoms with E-state index in [4.69, 9.17) is 4.74 Å². The van der Waals surface area contributed by atoms with Gasteiger partial charge in [-0.2, -0.15) is 0 Å². The molecule has 0 fully saturated rings. The lowest BCUT2D eigenvalue weighted by molar-refractivity contribution is 0.102. The van der Waals surface area contributed by atoms with Crippen LogP contribution in [0.3, 0.4) is 0 Å². The van der Waals surface area contributed by atoms with Crippen molar-refractivity contribution in [2.45, 2.75) is 0 Å². The lowest BCUT2D eigenvalue weighted by Crippen LogP contribution is -2.13. The normalized spacial score (nSPS) is 10.3. The molecule has 0 saturated carbocycles. The molecule has 0 saturated heterocycles. The number of carbonyl (C=O) groups excluding carboxylic acids is 1. The third-order valence-corrected chi connectivity index (χ3v) is 3.06. The van der Waals surface area contributed by atoms with Crippen molar-refractivity contribution < 1.29 is 9.53 Å². The summed E-state index contributed by atoms with van der Waals surface area (Å²) in [5, 5.41) is 3.71. The van der Waals surface area contributed by atoms with E-state index in [1.54, 1.807) is 31.5 Å². The molecule has 0 spiro atoms. The van der Waals surface area contributed by atoms with Gasteiger partial charge in [0.2, 0.25) is 0 Å². The molecular formula is C16H13N3O2. The van der Waals surface area contributed by atoms with Crippen molar-refractivity contribution >= 4 is 22.6 Å². The number of fused-ring (bicyclic) bond motifs is 1. The first kappa shape index (κ1) is 13.1. The molecule has 21 heavy (non-hydrogen) atoms. The number of nitrogens with one attached hydrogen (secondary N) is 1. The Labute approximate surface area is 121 Å². The number of aromatic nitrogens is 2. The maximum absolute atomic E-state index is 12.0. The van der Waals surface area contributed by atoms with E-state index in [0.29, 0.717) is 11.4 Å². The molecule has 0 bridgehead atoms. The lowest BCUT2D eigenvalue weighted by atomic mass is 10.2. The summed E-state index contributed by atoms with van der Waals surface area (Å²) < 4.78 is 5.17. The number of carbonyl (C=O) groups is 1. The largest absolute Gasteiger partial charge is 0.497 e. The molecular weight excluding hydrogens is 266 g/mol. The summed E-state index contributed by atoms with van der Waals surface area (Å²) in [5.41, 5.74) is 1.29. The van der Waals surface area contributed by atoms with Crippen molar-refractivity contribution in [3.63, 3.8) is 0 Å². The number of benzene rings is 1. The van der Waals surface area contributed by atoms with E-state index in [0.717, 1.165) is 16.7 Å². The van der Waals surface area contributed by atoms with E-state index >= 15 is 0 Å². The highest BCUT2D eigenvalue weighted by Crippen LogP contribution is 2.21. The highest BCUT2D eigenvalue weighted by molar-refractivity contribution is 6.03. The number of methoxy groups -OCH3 is 1. The van der Waals surface area contributed by atoms with Crippen LogP contribution >= 0.6 is 0 Å². The van der Waals surface area contributed by atoms with Crippen LogP contribution < -0.4 is 10.1 Å². The molecule has 0 unspecified atom stereocenters. The van der Waals surface area contributed by atoms with Gasteiger partial charge < -0.3 is 10.1 Å². The van der Waals surface area contributed by atoms with Gasteiger partial charge in [0.1, 0.15) is 11.6 Å². The fraction of sp³-hybridized carbons (Fsp3) is 0.0625. The highest BCUT2D eigenvalue weighted by Gasteiger charge is 2.07. The van der Waals surface area contributed by atoms with Gasteiger partial charge in [0.25, 0.3) is 5.91 Å². The van der Waals surface area contributed by atoms with Crippen LogP contribution in [0.2, 0.25) is 0 Å². The van der Waals surface area contributed by atoms with Crippen molar-refractivity contribution in [2.75, 3.05) is 12.4 Å². The molecule has 5 heteroatoms. The number of ether oxygens (including phenoxy) is 1. The standard InChI is InChI=1S/C16H13N3O2/c1-21-13-5-6-14-11(9-13)4-7-15(18-14)19-16(20)12-3-2-8-17-10-12/h2-10H,1H3,(H,18,19,20). The van der Waals surface area contributed by atoms with Gasteiger partial charge in [-0.05, 0) is 42.5 Å². The molecule has 1 N–H and O–H groups in total. The van der Waals surface area contributed by atoms with Crippen molar-refractivity contribution in [1.82, 2.24) is 9.97 Å². The molecule has 104 valence electrons. The van der Waals surface area contributed by atoms with Crippen LogP contribution in [0.5, 0.6) is 5.75 Å². The Bertz CT molecular complexity index is 788. The van der Waals surface area contributed by atoms with Crippen molar-refractivity contribution in [3.8, 4) is 5.75 Å². The molecule has 0 aliphatic carbocycles. The molecule has 1 aromatic carbocycles. The van der Waals surface area contributed by atoms with Crippen LogP contribution in [0.15, 0.2) is 54.9 Å². The fourth-order valence-electron chi connectivity index (χ4n) is 1.99. The SMILES string of the molecule is COc1ccc2nc(NC(=O)c3cccnc3)ccc2c1. The van der Waals surface area contributed by atoms with Crippen LogP contribution in [-0.4, -0.2) is 23.0 Å². The third-order valence-electron chi connectivity index (χ3n) is 3.06. The monoisotopic (exact) mass is 279 g/mol. The Kier molecular flexibility index (Phi) is 3.47. The van der Waals surface area contributed by atoms with E-state index < -0.39 is 0 Å². The average Bonchev–Trinajstić information content (AvgIpc) is 2.55. The fourth-order valence-corrected chi connectivity index (χ4v) is 1.99. The van der Waals surface area contributed by atoms with Crippen LogP contribution in [0.4, 0.5) is 5.82 Å². The molecule has 0 aliphatic rings. The first-order valence-electron chi connectivity index (χ1n) is 6.42. The van der Waals surface area contributed by atoms with Gasteiger partial charge in [-0.25, -0.2) is 4.98 Å². The predicted molar refractivity (Wildman–Crippen MR) is 80.5 cm³/mol. The minimum atomic E-state index is -0.233. The predicted octanol–water partition coefficient (Wildman–Crippen LogP) is 2.89. The zero-order chi connectivity index (χ0) is 14.7. The zero-order valence-corrected chi connectivity index (χ0v) is 11.4. The number of anilines is 1. The van der Waals surface area contributed by atoms with Gasteiger partial charge in [0, 0.05) is 17.8 Å². The smallest absolute Gasteiger partial charge is 0.258 e. The summed E-state index contributed by atoms with van der Waals surface area (Å²) in [7, 11) is 1.62. The summed E-state index contributed by atoms with van der Waals surface area (Å²) in [6, 6.07) is 12.7. The Morgan fingerprint density at radius 3 is 2.86 bits per heavy atom. The first-order valence-corrected chi connectivity index (χ1v) is 6.42. The number of hydrogen-bond acceptors (Lipinski definition) is 4. The van der Waals surface area contributed by atoms with E-state index in [9.17, 15) is 4.79 Å². The molecule has 0 aliphatic heterocycles. The van der Waals surface area contributed by atoms with E-state index in [1.165, 1.54) is 6.20 Å². The Morgan fingerprint density at radius 2 is 2.10 bits per heavy atom. The van der Waals surface area contributed by atoms with Crippen molar-refractivity contribution in [2.24, 2.45) is 0 Å². The molecule has 3 aromatic rings. The quantitative estimate of drug-likeness (QED) is 0.800. The molecule has 0 atom stereocenters. The number of rotatable bonds is 3. The lowest BCUT2D eigenvalue weighted by Gasteiger charge is -2.06. The average molecular weight is 279 g/mol. The van der Waals surface area contributed by atoms with Crippen LogP contribution in [-0.2, 0) is 0 Å². The maximum atomic E-state index is 12.0. The Balaban J connectivity index is 1.86. The second-order valence-electron chi connectivity index (χ2n) is 4.45. The van der Waals surface area contributed by atoms with E-state index in [1.807, 2.05) is 24.3 Å². The Morgan fingerprint density at radius 1 is 1.19 bits per heavy atom. The van der Waals surface area contributed by atoms with Gasteiger partial charge in [0.05, 0.1) is 18.2 Å². The molecule has 2 aromatic heterocycles. The maximum Gasteiger partial charge on any atom is 0.258 e. The topological polar surface area (TPSA) is 64.1 Å². The second kappa shape index (κ2) is 5.58. The van der Waals surface area contributed by atoms with E-state index in [-0.39, 0.29) is 5.91 Å². The van der Waals surface area contributed by atoms with Crippen molar-refractivity contribution in [1.29, 1.82) is 0 Å². The minimum absolute atomic E-state index is 0.233. The van der Waals surface area contributed by atoms with Gasteiger partial charge >= 0.3 is 0 Å². The molecule has 5 nitrogen and oxygen atoms in total. The van der Waals surface area contributed by atoms with Crippen molar-refractivity contribution in [3.05, 3.63) is 60.4 Å². The third kappa shape index (κ3) is 2.81. The van der Waals surface area contributed by atoms with Crippen LogP contribution in [0.25, 0.3) is 10.9 Å². The van der Waals surface area contributed by atoms with Crippen LogP contribution in [0, 0.1) is 0 Å². The second-order valence-corrected chi connectivity index (χ2v) is 4.45. The minimum Gasteiger partial charge on any atom is -0.497 e.